The number of hydrogen-bond acceptors (Lipinski definition) is 4. The number of carbonyl (C=O) groups excluding carboxylic acids is 1. The van der Waals surface area contributed by atoms with Crippen LogP contribution in [0.2, 0.25) is 0 Å². The maximum Gasteiger partial charge on any atom is 0.280 e. The van der Waals surface area contributed by atoms with Gasteiger partial charge in [-0.3, -0.25) is 9.78 Å². The molecule has 0 radical (unpaired) electrons. The predicted molar refractivity (Wildman–Crippen MR) is 75.0 cm³/mol. The molecular formula is C14H11N3OS. The van der Waals surface area contributed by atoms with E-state index in [1.54, 1.807) is 12.4 Å². The first-order valence-electron chi connectivity index (χ1n) is 5.85. The molecule has 1 amide bonds. The molecule has 5 heteroatoms. The van der Waals surface area contributed by atoms with Crippen molar-refractivity contribution >= 4 is 27.5 Å². The SMILES string of the molecule is O=C(NCc1cccnc1)c1nc2ccccc2s1. The normalized spacial score (nSPS) is 10.5. The second-order valence-electron chi connectivity index (χ2n) is 4.03. The summed E-state index contributed by atoms with van der Waals surface area (Å²) in [6, 6.07) is 11.5. The van der Waals surface area contributed by atoms with Gasteiger partial charge in [0.25, 0.3) is 5.91 Å². The number of fused-ring (bicyclic) bond motifs is 1. The van der Waals surface area contributed by atoms with Gasteiger partial charge < -0.3 is 5.32 Å². The first-order chi connectivity index (χ1) is 9.33. The molecule has 0 saturated carbocycles. The van der Waals surface area contributed by atoms with E-state index in [9.17, 15) is 4.79 Å². The van der Waals surface area contributed by atoms with Gasteiger partial charge in [-0.25, -0.2) is 4.98 Å². The van der Waals surface area contributed by atoms with Gasteiger partial charge in [-0.15, -0.1) is 11.3 Å². The molecule has 0 aliphatic carbocycles. The number of aromatic nitrogens is 2. The predicted octanol–water partition coefficient (Wildman–Crippen LogP) is 2.62. The molecule has 2 aromatic heterocycles. The molecule has 2 heterocycles. The maximum absolute atomic E-state index is 12.0. The molecule has 3 rings (SSSR count). The molecule has 0 spiro atoms. The lowest BCUT2D eigenvalue weighted by Gasteiger charge is -2.01. The Bertz CT molecular complexity index is 676. The zero-order valence-corrected chi connectivity index (χ0v) is 10.9. The van der Waals surface area contributed by atoms with Crippen molar-refractivity contribution in [2.75, 3.05) is 0 Å². The van der Waals surface area contributed by atoms with E-state index in [0.717, 1.165) is 15.8 Å². The first-order valence-corrected chi connectivity index (χ1v) is 6.67. The highest BCUT2D eigenvalue weighted by Crippen LogP contribution is 2.21. The third-order valence-electron chi connectivity index (χ3n) is 2.66. The summed E-state index contributed by atoms with van der Waals surface area (Å²) in [6.45, 7) is 0.461. The molecule has 3 aromatic rings. The fraction of sp³-hybridized carbons (Fsp3) is 0.0714. The Balaban J connectivity index is 1.73. The van der Waals surface area contributed by atoms with E-state index < -0.39 is 0 Å². The zero-order chi connectivity index (χ0) is 13.1. The molecule has 0 fully saturated rings. The minimum atomic E-state index is -0.148. The highest BCUT2D eigenvalue weighted by Gasteiger charge is 2.11. The first kappa shape index (κ1) is 11.8. The summed E-state index contributed by atoms with van der Waals surface area (Å²) in [5.74, 6) is -0.148. The van der Waals surface area contributed by atoms with Crippen molar-refractivity contribution in [1.82, 2.24) is 15.3 Å². The highest BCUT2D eigenvalue weighted by atomic mass is 32.1. The molecule has 0 saturated heterocycles. The Hall–Kier alpha value is -2.27. The number of nitrogens with zero attached hydrogens (tertiary/aromatic N) is 2. The molecule has 0 unspecified atom stereocenters. The number of thiazole rings is 1. The van der Waals surface area contributed by atoms with Gasteiger partial charge in [0.05, 0.1) is 10.2 Å². The Morgan fingerprint density at radius 1 is 1.21 bits per heavy atom. The average molecular weight is 269 g/mol. The molecule has 94 valence electrons. The fourth-order valence-corrected chi connectivity index (χ4v) is 2.61. The van der Waals surface area contributed by atoms with Crippen LogP contribution in [-0.4, -0.2) is 15.9 Å². The van der Waals surface area contributed by atoms with Crippen molar-refractivity contribution in [2.24, 2.45) is 0 Å². The van der Waals surface area contributed by atoms with Gasteiger partial charge in [-0.05, 0) is 23.8 Å². The number of para-hydroxylation sites is 1. The number of carbonyl (C=O) groups is 1. The molecule has 1 N–H and O–H groups in total. The zero-order valence-electron chi connectivity index (χ0n) is 10.0. The average Bonchev–Trinajstić information content (AvgIpc) is 2.90. The Morgan fingerprint density at radius 3 is 2.89 bits per heavy atom. The summed E-state index contributed by atoms with van der Waals surface area (Å²) in [5, 5.41) is 3.34. The minimum Gasteiger partial charge on any atom is -0.346 e. The van der Waals surface area contributed by atoms with Crippen LogP contribution in [0, 0.1) is 0 Å². The molecule has 0 bridgehead atoms. The lowest BCUT2D eigenvalue weighted by atomic mass is 10.3. The van der Waals surface area contributed by atoms with Gasteiger partial charge in [0, 0.05) is 18.9 Å². The summed E-state index contributed by atoms with van der Waals surface area (Å²) < 4.78 is 1.02. The van der Waals surface area contributed by atoms with Crippen molar-refractivity contribution < 1.29 is 4.79 Å². The van der Waals surface area contributed by atoms with Crippen molar-refractivity contribution in [3.8, 4) is 0 Å². The molecule has 0 aliphatic rings. The number of nitrogens with one attached hydrogen (secondary N) is 1. The Kier molecular flexibility index (Phi) is 3.20. The van der Waals surface area contributed by atoms with Gasteiger partial charge in [-0.1, -0.05) is 18.2 Å². The third kappa shape index (κ3) is 2.61. The van der Waals surface area contributed by atoms with Crippen LogP contribution in [0.5, 0.6) is 0 Å². The summed E-state index contributed by atoms with van der Waals surface area (Å²) in [5.41, 5.74) is 1.83. The Morgan fingerprint density at radius 2 is 2.11 bits per heavy atom. The number of rotatable bonds is 3. The number of hydrogen-bond donors (Lipinski definition) is 1. The summed E-state index contributed by atoms with van der Waals surface area (Å²) in [7, 11) is 0. The van der Waals surface area contributed by atoms with Gasteiger partial charge in [0.1, 0.15) is 0 Å². The van der Waals surface area contributed by atoms with Crippen molar-refractivity contribution in [2.45, 2.75) is 6.54 Å². The number of benzene rings is 1. The summed E-state index contributed by atoms with van der Waals surface area (Å²) in [4.78, 5) is 20.3. The molecule has 0 aliphatic heterocycles. The van der Waals surface area contributed by atoms with Crippen LogP contribution in [0.4, 0.5) is 0 Å². The van der Waals surface area contributed by atoms with Crippen LogP contribution in [0.1, 0.15) is 15.4 Å². The fourth-order valence-electron chi connectivity index (χ4n) is 1.73. The maximum atomic E-state index is 12.0. The van der Waals surface area contributed by atoms with E-state index in [0.29, 0.717) is 11.6 Å². The van der Waals surface area contributed by atoms with Crippen LogP contribution in [-0.2, 0) is 6.54 Å². The monoisotopic (exact) mass is 269 g/mol. The van der Waals surface area contributed by atoms with Gasteiger partial charge >= 0.3 is 0 Å². The van der Waals surface area contributed by atoms with Gasteiger partial charge in [0.2, 0.25) is 0 Å². The second-order valence-corrected chi connectivity index (χ2v) is 5.06. The van der Waals surface area contributed by atoms with Crippen molar-refractivity contribution in [3.05, 3.63) is 59.4 Å². The summed E-state index contributed by atoms with van der Waals surface area (Å²) >= 11 is 1.40. The van der Waals surface area contributed by atoms with E-state index in [1.165, 1.54) is 11.3 Å². The van der Waals surface area contributed by atoms with Gasteiger partial charge in [-0.2, -0.15) is 0 Å². The van der Waals surface area contributed by atoms with Gasteiger partial charge in [0.15, 0.2) is 5.01 Å². The van der Waals surface area contributed by atoms with Crippen LogP contribution in [0.25, 0.3) is 10.2 Å². The van der Waals surface area contributed by atoms with Crippen LogP contribution in [0.15, 0.2) is 48.8 Å². The van der Waals surface area contributed by atoms with E-state index in [1.807, 2.05) is 36.4 Å². The molecule has 19 heavy (non-hydrogen) atoms. The molecule has 1 aromatic carbocycles. The quantitative estimate of drug-likeness (QED) is 0.795. The molecule has 4 nitrogen and oxygen atoms in total. The van der Waals surface area contributed by atoms with Crippen molar-refractivity contribution in [1.29, 1.82) is 0 Å². The van der Waals surface area contributed by atoms with E-state index in [2.05, 4.69) is 15.3 Å². The van der Waals surface area contributed by atoms with E-state index >= 15 is 0 Å². The summed E-state index contributed by atoms with van der Waals surface area (Å²) in [6.07, 6.45) is 3.44. The topological polar surface area (TPSA) is 54.9 Å². The number of amides is 1. The number of pyridine rings is 1. The van der Waals surface area contributed by atoms with Crippen LogP contribution < -0.4 is 5.32 Å². The van der Waals surface area contributed by atoms with E-state index in [4.69, 9.17) is 0 Å². The van der Waals surface area contributed by atoms with Crippen molar-refractivity contribution in [3.63, 3.8) is 0 Å². The molecule has 0 atom stereocenters. The smallest absolute Gasteiger partial charge is 0.280 e. The van der Waals surface area contributed by atoms with Crippen LogP contribution in [0.3, 0.4) is 0 Å². The lowest BCUT2D eigenvalue weighted by molar-refractivity contribution is 0.0950. The second kappa shape index (κ2) is 5.16. The standard InChI is InChI=1S/C14H11N3OS/c18-13(16-9-10-4-3-7-15-8-10)14-17-11-5-1-2-6-12(11)19-14/h1-8H,9H2,(H,16,18). The lowest BCUT2D eigenvalue weighted by Crippen LogP contribution is -2.22. The van der Waals surface area contributed by atoms with Crippen LogP contribution >= 0.6 is 11.3 Å². The minimum absolute atomic E-state index is 0.148. The highest BCUT2D eigenvalue weighted by molar-refractivity contribution is 7.20. The molecular weight excluding hydrogens is 258 g/mol. The van der Waals surface area contributed by atoms with E-state index in [-0.39, 0.29) is 5.91 Å². The largest absolute Gasteiger partial charge is 0.346 e. The Labute approximate surface area is 114 Å². The third-order valence-corrected chi connectivity index (χ3v) is 3.70.